The van der Waals surface area contributed by atoms with Crippen LogP contribution in [0.5, 0.6) is 0 Å². The summed E-state index contributed by atoms with van der Waals surface area (Å²) < 4.78 is 10.6. The highest BCUT2D eigenvalue weighted by atomic mass is 16.6. The molecule has 3 aromatic rings. The van der Waals surface area contributed by atoms with Crippen molar-refractivity contribution in [3.8, 4) is 11.5 Å². The Kier molecular flexibility index (Phi) is 4.66. The van der Waals surface area contributed by atoms with E-state index in [1.165, 1.54) is 18.4 Å². The Labute approximate surface area is 160 Å². The van der Waals surface area contributed by atoms with Gasteiger partial charge < -0.3 is 14.1 Å². The molecule has 9 heteroatoms. The van der Waals surface area contributed by atoms with Crippen LogP contribution in [-0.4, -0.2) is 46.2 Å². The zero-order valence-electron chi connectivity index (χ0n) is 15.1. The van der Waals surface area contributed by atoms with Gasteiger partial charge in [0.2, 0.25) is 0 Å². The van der Waals surface area contributed by atoms with E-state index in [0.717, 1.165) is 0 Å². The minimum absolute atomic E-state index is 0.0294. The van der Waals surface area contributed by atoms with E-state index in [1.54, 1.807) is 36.3 Å². The predicted octanol–water partition coefficient (Wildman–Crippen LogP) is 3.16. The van der Waals surface area contributed by atoms with E-state index in [4.69, 9.17) is 9.15 Å². The second-order valence-electron chi connectivity index (χ2n) is 6.44. The highest BCUT2D eigenvalue weighted by Crippen LogP contribution is 2.43. The predicted molar refractivity (Wildman–Crippen MR) is 98.8 cm³/mol. The van der Waals surface area contributed by atoms with Crippen LogP contribution in [0.1, 0.15) is 34.1 Å². The van der Waals surface area contributed by atoms with Gasteiger partial charge in [0.05, 0.1) is 17.2 Å². The lowest BCUT2D eigenvalue weighted by atomic mass is 9.97. The third kappa shape index (κ3) is 2.95. The molecule has 2 aromatic heterocycles. The molecule has 0 spiro atoms. The highest BCUT2D eigenvalue weighted by molar-refractivity contribution is 6.00. The van der Waals surface area contributed by atoms with Crippen LogP contribution in [-0.2, 0) is 4.74 Å². The number of amides is 1. The van der Waals surface area contributed by atoms with Crippen molar-refractivity contribution in [2.75, 3.05) is 20.3 Å². The van der Waals surface area contributed by atoms with Crippen LogP contribution in [0.2, 0.25) is 0 Å². The molecular weight excluding hydrogens is 364 g/mol. The summed E-state index contributed by atoms with van der Waals surface area (Å²) >= 11 is 0. The number of non-ortho nitro benzene ring substituents is 1. The number of nitro groups is 1. The molecular formula is C19H18N4O5. The van der Waals surface area contributed by atoms with E-state index in [1.807, 2.05) is 0 Å². The number of aromatic nitrogens is 2. The monoisotopic (exact) mass is 382 g/mol. The van der Waals surface area contributed by atoms with E-state index >= 15 is 0 Å². The Morgan fingerprint density at radius 2 is 2.21 bits per heavy atom. The normalized spacial score (nSPS) is 15.8. The summed E-state index contributed by atoms with van der Waals surface area (Å²) in [6.45, 7) is 0.939. The topological polar surface area (TPSA) is 114 Å². The van der Waals surface area contributed by atoms with Gasteiger partial charge in [-0.2, -0.15) is 5.10 Å². The fraction of sp³-hybridized carbons (Fsp3) is 0.263. The van der Waals surface area contributed by atoms with Crippen molar-refractivity contribution in [3.63, 3.8) is 0 Å². The number of fused-ring (bicyclic) bond motifs is 1. The van der Waals surface area contributed by atoms with E-state index < -0.39 is 11.0 Å². The van der Waals surface area contributed by atoms with Crippen molar-refractivity contribution in [3.05, 3.63) is 69.6 Å². The Morgan fingerprint density at radius 3 is 2.93 bits per heavy atom. The number of carbonyl (C=O) groups is 1. The molecule has 3 heterocycles. The largest absolute Gasteiger partial charge is 0.463 e. The van der Waals surface area contributed by atoms with E-state index in [2.05, 4.69) is 10.2 Å². The number of hydrogen-bond acceptors (Lipinski definition) is 6. The third-order valence-electron chi connectivity index (χ3n) is 4.76. The van der Waals surface area contributed by atoms with E-state index in [0.29, 0.717) is 47.8 Å². The van der Waals surface area contributed by atoms with Gasteiger partial charge in [0.25, 0.3) is 11.6 Å². The molecule has 1 aliphatic heterocycles. The van der Waals surface area contributed by atoms with Crippen molar-refractivity contribution in [1.82, 2.24) is 15.1 Å². The standard InChI is InChI=1S/C19H18N4O5/c1-27-9-4-8-22-18(12-5-2-6-13(11-12)23(25)26)15-16(14-7-3-10-28-14)20-21-17(15)19(22)24/h2-3,5-7,10-11,18H,4,8-9H2,1H3,(H,20,21). The Balaban J connectivity index is 1.83. The van der Waals surface area contributed by atoms with Gasteiger partial charge in [-0.25, -0.2) is 0 Å². The number of H-pyrrole nitrogens is 1. The van der Waals surface area contributed by atoms with Crippen LogP contribution in [0, 0.1) is 10.1 Å². The number of furan rings is 1. The molecule has 1 atom stereocenters. The maximum atomic E-state index is 13.0. The first kappa shape index (κ1) is 17.9. The third-order valence-corrected chi connectivity index (χ3v) is 4.76. The lowest BCUT2D eigenvalue weighted by Crippen LogP contribution is -2.31. The van der Waals surface area contributed by atoms with Crippen LogP contribution in [0.4, 0.5) is 5.69 Å². The molecule has 28 heavy (non-hydrogen) atoms. The van der Waals surface area contributed by atoms with Gasteiger partial charge in [-0.05, 0) is 24.1 Å². The average Bonchev–Trinajstić information content (AvgIpc) is 3.41. The summed E-state index contributed by atoms with van der Waals surface area (Å²) in [6, 6.07) is 9.35. The molecule has 1 aromatic carbocycles. The number of benzene rings is 1. The molecule has 1 unspecified atom stereocenters. The van der Waals surface area contributed by atoms with Crippen LogP contribution in [0.15, 0.2) is 47.1 Å². The molecule has 0 saturated heterocycles. The van der Waals surface area contributed by atoms with Crippen LogP contribution in [0.25, 0.3) is 11.5 Å². The number of aromatic amines is 1. The highest BCUT2D eigenvalue weighted by Gasteiger charge is 2.43. The summed E-state index contributed by atoms with van der Waals surface area (Å²) in [7, 11) is 1.60. The lowest BCUT2D eigenvalue weighted by molar-refractivity contribution is -0.384. The summed E-state index contributed by atoms with van der Waals surface area (Å²) in [6.07, 6.45) is 2.18. The Bertz CT molecular complexity index is 1010. The first-order chi connectivity index (χ1) is 13.6. The molecule has 144 valence electrons. The maximum absolute atomic E-state index is 13.0. The molecule has 1 amide bonds. The van der Waals surface area contributed by atoms with Gasteiger partial charge in [-0.15, -0.1) is 0 Å². The number of rotatable bonds is 7. The lowest BCUT2D eigenvalue weighted by Gasteiger charge is -2.26. The molecule has 4 rings (SSSR count). The fourth-order valence-corrected chi connectivity index (χ4v) is 3.56. The van der Waals surface area contributed by atoms with Gasteiger partial charge in [-0.1, -0.05) is 12.1 Å². The smallest absolute Gasteiger partial charge is 0.275 e. The number of nitro benzene ring substituents is 1. The van der Waals surface area contributed by atoms with Crippen LogP contribution < -0.4 is 0 Å². The zero-order chi connectivity index (χ0) is 19.7. The molecule has 0 aliphatic carbocycles. The van der Waals surface area contributed by atoms with E-state index in [-0.39, 0.29) is 11.6 Å². The minimum atomic E-state index is -0.502. The molecule has 0 fully saturated rings. The van der Waals surface area contributed by atoms with Crippen LogP contribution >= 0.6 is 0 Å². The summed E-state index contributed by atoms with van der Waals surface area (Å²) in [5.41, 5.74) is 2.18. The van der Waals surface area contributed by atoms with Crippen molar-refractivity contribution >= 4 is 11.6 Å². The SMILES string of the molecule is COCCCN1C(=O)c2n[nH]c(-c3ccco3)c2C1c1cccc([N+](=O)[O-])c1. The second kappa shape index (κ2) is 7.28. The van der Waals surface area contributed by atoms with Gasteiger partial charge in [-0.3, -0.25) is 20.0 Å². The number of carbonyl (C=O) groups excluding carboxylic acids is 1. The van der Waals surface area contributed by atoms with Gasteiger partial charge in [0.1, 0.15) is 5.69 Å². The molecule has 0 saturated carbocycles. The molecule has 0 bridgehead atoms. The molecule has 1 aliphatic rings. The minimum Gasteiger partial charge on any atom is -0.463 e. The number of ether oxygens (including phenoxy) is 1. The number of nitrogens with one attached hydrogen (secondary N) is 1. The first-order valence-corrected chi connectivity index (χ1v) is 8.78. The quantitative estimate of drug-likeness (QED) is 0.381. The van der Waals surface area contributed by atoms with Crippen molar-refractivity contribution in [2.24, 2.45) is 0 Å². The van der Waals surface area contributed by atoms with Crippen molar-refractivity contribution in [1.29, 1.82) is 0 Å². The fourth-order valence-electron chi connectivity index (χ4n) is 3.56. The maximum Gasteiger partial charge on any atom is 0.275 e. The summed E-state index contributed by atoms with van der Waals surface area (Å²) in [4.78, 5) is 25.5. The van der Waals surface area contributed by atoms with Gasteiger partial charge >= 0.3 is 0 Å². The van der Waals surface area contributed by atoms with Gasteiger partial charge in [0, 0.05) is 38.0 Å². The Morgan fingerprint density at radius 1 is 1.36 bits per heavy atom. The van der Waals surface area contributed by atoms with E-state index in [9.17, 15) is 14.9 Å². The number of methoxy groups -OCH3 is 1. The summed E-state index contributed by atoms with van der Waals surface area (Å²) in [5.74, 6) is 0.326. The van der Waals surface area contributed by atoms with Crippen molar-refractivity contribution < 1.29 is 18.9 Å². The first-order valence-electron chi connectivity index (χ1n) is 8.78. The molecule has 0 radical (unpaired) electrons. The van der Waals surface area contributed by atoms with Gasteiger partial charge in [0.15, 0.2) is 11.5 Å². The average molecular weight is 382 g/mol. The second-order valence-corrected chi connectivity index (χ2v) is 6.44. The van der Waals surface area contributed by atoms with Crippen LogP contribution in [0.3, 0.4) is 0 Å². The molecule has 9 nitrogen and oxygen atoms in total. The zero-order valence-corrected chi connectivity index (χ0v) is 15.1. The Hall–Kier alpha value is -3.46. The number of nitrogens with zero attached hydrogens (tertiary/aromatic N) is 3. The number of hydrogen-bond donors (Lipinski definition) is 1. The van der Waals surface area contributed by atoms with Crippen molar-refractivity contribution in [2.45, 2.75) is 12.5 Å². The summed E-state index contributed by atoms with van der Waals surface area (Å²) in [5, 5.41) is 18.3. The molecule has 1 N–H and O–H groups in total.